The number of aliphatic hydroxyl groups is 1. The van der Waals surface area contributed by atoms with Gasteiger partial charge < -0.3 is 10.4 Å². The van der Waals surface area contributed by atoms with Crippen molar-refractivity contribution in [1.29, 1.82) is 0 Å². The Morgan fingerprint density at radius 2 is 1.85 bits per heavy atom. The minimum absolute atomic E-state index is 0.0831. The Bertz CT molecular complexity index is 715. The van der Waals surface area contributed by atoms with Crippen LogP contribution in [0.15, 0.2) is 54.6 Å². The SMILES string of the molecule is OCCN1CCCCC1CNC1(c2ccccc2)CCc2ccccc21. The van der Waals surface area contributed by atoms with E-state index in [1.807, 2.05) is 0 Å². The van der Waals surface area contributed by atoms with Gasteiger partial charge in [0.25, 0.3) is 0 Å². The van der Waals surface area contributed by atoms with Crippen molar-refractivity contribution in [2.45, 2.75) is 43.7 Å². The van der Waals surface area contributed by atoms with Crippen LogP contribution in [0, 0.1) is 0 Å². The minimum atomic E-state index is -0.0831. The minimum Gasteiger partial charge on any atom is -0.395 e. The molecule has 2 unspecified atom stereocenters. The van der Waals surface area contributed by atoms with Crippen molar-refractivity contribution in [3.8, 4) is 0 Å². The zero-order valence-corrected chi connectivity index (χ0v) is 15.5. The molecule has 1 fully saturated rings. The number of β-amino-alcohol motifs (C(OH)–C–C–N with tert-alkyl or cyclic N) is 1. The van der Waals surface area contributed by atoms with E-state index < -0.39 is 0 Å². The average Bonchev–Trinajstić information content (AvgIpc) is 3.08. The number of piperidine rings is 1. The molecule has 0 bridgehead atoms. The largest absolute Gasteiger partial charge is 0.395 e. The second kappa shape index (κ2) is 7.91. The van der Waals surface area contributed by atoms with Gasteiger partial charge in [0.15, 0.2) is 0 Å². The number of nitrogens with one attached hydrogen (secondary N) is 1. The van der Waals surface area contributed by atoms with Crippen molar-refractivity contribution in [3.63, 3.8) is 0 Å². The van der Waals surface area contributed by atoms with Crippen LogP contribution in [0.3, 0.4) is 0 Å². The van der Waals surface area contributed by atoms with Crippen molar-refractivity contribution in [2.24, 2.45) is 0 Å². The van der Waals surface area contributed by atoms with Gasteiger partial charge in [-0.1, -0.05) is 61.0 Å². The molecule has 138 valence electrons. The maximum atomic E-state index is 9.41. The molecule has 2 N–H and O–H groups in total. The van der Waals surface area contributed by atoms with Crippen LogP contribution in [0.4, 0.5) is 0 Å². The highest BCUT2D eigenvalue weighted by Crippen LogP contribution is 2.42. The van der Waals surface area contributed by atoms with Gasteiger partial charge >= 0.3 is 0 Å². The molecule has 0 radical (unpaired) electrons. The summed E-state index contributed by atoms with van der Waals surface area (Å²) < 4.78 is 0. The van der Waals surface area contributed by atoms with Gasteiger partial charge in [-0.05, 0) is 48.9 Å². The fraction of sp³-hybridized carbons (Fsp3) is 0.478. The molecule has 1 aliphatic carbocycles. The first-order valence-corrected chi connectivity index (χ1v) is 10.1. The van der Waals surface area contributed by atoms with E-state index in [9.17, 15) is 5.11 Å². The van der Waals surface area contributed by atoms with Gasteiger partial charge in [0.05, 0.1) is 12.1 Å². The van der Waals surface area contributed by atoms with Gasteiger partial charge in [-0.25, -0.2) is 0 Å². The summed E-state index contributed by atoms with van der Waals surface area (Å²) in [5.74, 6) is 0. The third-order valence-corrected chi connectivity index (χ3v) is 6.29. The lowest BCUT2D eigenvalue weighted by atomic mass is 9.83. The molecule has 2 aromatic rings. The van der Waals surface area contributed by atoms with Crippen LogP contribution in [0.1, 0.15) is 42.4 Å². The number of hydrogen-bond acceptors (Lipinski definition) is 3. The van der Waals surface area contributed by atoms with E-state index >= 15 is 0 Å². The molecule has 3 heteroatoms. The van der Waals surface area contributed by atoms with Crippen LogP contribution in [0.25, 0.3) is 0 Å². The number of hydrogen-bond donors (Lipinski definition) is 2. The summed E-state index contributed by atoms with van der Waals surface area (Å²) >= 11 is 0. The van der Waals surface area contributed by atoms with E-state index in [1.54, 1.807) is 0 Å². The van der Waals surface area contributed by atoms with E-state index in [-0.39, 0.29) is 12.1 Å². The second-order valence-electron chi connectivity index (χ2n) is 7.72. The van der Waals surface area contributed by atoms with E-state index in [0.29, 0.717) is 6.04 Å². The Balaban J connectivity index is 1.61. The van der Waals surface area contributed by atoms with Crippen molar-refractivity contribution < 1.29 is 5.11 Å². The lowest BCUT2D eigenvalue weighted by Crippen LogP contribution is -2.51. The molecule has 1 heterocycles. The van der Waals surface area contributed by atoms with Crippen LogP contribution in [0.2, 0.25) is 0 Å². The molecule has 0 amide bonds. The fourth-order valence-corrected chi connectivity index (χ4v) is 4.93. The first-order valence-electron chi connectivity index (χ1n) is 10.1. The zero-order chi connectivity index (χ0) is 17.8. The Hall–Kier alpha value is -1.68. The number of aliphatic hydroxyl groups excluding tert-OH is 1. The third kappa shape index (κ3) is 3.32. The molecule has 3 nitrogen and oxygen atoms in total. The predicted molar refractivity (Wildman–Crippen MR) is 106 cm³/mol. The van der Waals surface area contributed by atoms with Crippen molar-refractivity contribution in [3.05, 3.63) is 71.3 Å². The highest BCUT2D eigenvalue weighted by Gasteiger charge is 2.40. The quantitative estimate of drug-likeness (QED) is 0.839. The molecular formula is C23H30N2O. The normalized spacial score (nSPS) is 26.0. The molecule has 2 aliphatic rings. The number of aryl methyl sites for hydroxylation is 1. The summed E-state index contributed by atoms with van der Waals surface area (Å²) in [6, 6.07) is 20.4. The van der Waals surface area contributed by atoms with Gasteiger partial charge in [-0.2, -0.15) is 0 Å². The van der Waals surface area contributed by atoms with E-state index in [0.717, 1.165) is 32.5 Å². The fourth-order valence-electron chi connectivity index (χ4n) is 4.93. The molecule has 2 aromatic carbocycles. The zero-order valence-electron chi connectivity index (χ0n) is 15.5. The first-order chi connectivity index (χ1) is 12.8. The highest BCUT2D eigenvalue weighted by molar-refractivity contribution is 5.47. The van der Waals surface area contributed by atoms with Crippen molar-refractivity contribution >= 4 is 0 Å². The standard InChI is InChI=1S/C23H30N2O/c26-17-16-25-15-7-6-11-21(25)18-24-23(20-9-2-1-3-10-20)14-13-19-8-4-5-12-22(19)23/h1-5,8-10,12,21,24,26H,6-7,11,13-18H2. The summed E-state index contributed by atoms with van der Waals surface area (Å²) in [5.41, 5.74) is 4.20. The summed E-state index contributed by atoms with van der Waals surface area (Å²) in [5, 5.41) is 13.4. The lowest BCUT2D eigenvalue weighted by molar-refractivity contribution is 0.110. The maximum Gasteiger partial charge on any atom is 0.0697 e. The first kappa shape index (κ1) is 17.7. The number of nitrogens with zero attached hydrogens (tertiary/aromatic N) is 1. The second-order valence-corrected chi connectivity index (χ2v) is 7.72. The van der Waals surface area contributed by atoms with Gasteiger partial charge in [0.1, 0.15) is 0 Å². The van der Waals surface area contributed by atoms with Crippen molar-refractivity contribution in [2.75, 3.05) is 26.2 Å². The van der Waals surface area contributed by atoms with Gasteiger partial charge in [-0.3, -0.25) is 4.90 Å². The molecule has 2 atom stereocenters. The number of likely N-dealkylation sites (tertiary alicyclic amines) is 1. The number of rotatable bonds is 6. The molecule has 0 saturated carbocycles. The Labute approximate surface area is 157 Å². The van der Waals surface area contributed by atoms with Gasteiger partial charge in [-0.15, -0.1) is 0 Å². The van der Waals surface area contributed by atoms with Crippen LogP contribution in [-0.2, 0) is 12.0 Å². The monoisotopic (exact) mass is 350 g/mol. The maximum absolute atomic E-state index is 9.41. The molecule has 0 spiro atoms. The van der Waals surface area contributed by atoms with Crippen LogP contribution < -0.4 is 5.32 Å². The molecule has 4 rings (SSSR count). The topological polar surface area (TPSA) is 35.5 Å². The van der Waals surface area contributed by atoms with E-state index in [1.165, 1.54) is 36.0 Å². The van der Waals surface area contributed by atoms with E-state index in [4.69, 9.17) is 0 Å². The smallest absolute Gasteiger partial charge is 0.0697 e. The number of benzene rings is 2. The molecule has 1 saturated heterocycles. The molecule has 0 aromatic heterocycles. The Morgan fingerprint density at radius 1 is 1.04 bits per heavy atom. The summed E-state index contributed by atoms with van der Waals surface area (Å²) in [7, 11) is 0. The Morgan fingerprint density at radius 3 is 2.69 bits per heavy atom. The summed E-state index contributed by atoms with van der Waals surface area (Å²) in [4.78, 5) is 2.47. The van der Waals surface area contributed by atoms with Crippen LogP contribution in [0.5, 0.6) is 0 Å². The Kier molecular flexibility index (Phi) is 5.39. The summed E-state index contributed by atoms with van der Waals surface area (Å²) in [6.07, 6.45) is 6.01. The average molecular weight is 351 g/mol. The van der Waals surface area contributed by atoms with Gasteiger partial charge in [0.2, 0.25) is 0 Å². The predicted octanol–water partition coefficient (Wildman–Crippen LogP) is 3.31. The number of fused-ring (bicyclic) bond motifs is 1. The molecular weight excluding hydrogens is 320 g/mol. The van der Waals surface area contributed by atoms with Crippen LogP contribution >= 0.6 is 0 Å². The van der Waals surface area contributed by atoms with Gasteiger partial charge in [0, 0.05) is 19.1 Å². The summed E-state index contributed by atoms with van der Waals surface area (Å²) in [6.45, 7) is 3.13. The lowest BCUT2D eigenvalue weighted by Gasteiger charge is -2.39. The highest BCUT2D eigenvalue weighted by atomic mass is 16.3. The molecule has 1 aliphatic heterocycles. The van der Waals surface area contributed by atoms with Crippen molar-refractivity contribution in [1.82, 2.24) is 10.2 Å². The van der Waals surface area contributed by atoms with Crippen LogP contribution in [-0.4, -0.2) is 42.3 Å². The molecule has 26 heavy (non-hydrogen) atoms. The van der Waals surface area contributed by atoms with E-state index in [2.05, 4.69) is 64.8 Å². The third-order valence-electron chi connectivity index (χ3n) is 6.29.